The number of anilines is 2. The van der Waals surface area contributed by atoms with Crippen molar-refractivity contribution in [2.45, 2.75) is 13.0 Å². The van der Waals surface area contributed by atoms with Crippen LogP contribution in [0.25, 0.3) is 0 Å². The SMILES string of the molecule is COc1cc(C#N)ccc1O[C@H](C)c1nc(N)nc(N(C)C)n1. The number of hydrogen-bond acceptors (Lipinski definition) is 8. The monoisotopic (exact) mass is 314 g/mol. The molecule has 1 atom stereocenters. The lowest BCUT2D eigenvalue weighted by Crippen LogP contribution is -2.18. The van der Waals surface area contributed by atoms with Gasteiger partial charge in [-0.15, -0.1) is 0 Å². The second-order valence-corrected chi connectivity index (χ2v) is 4.98. The normalized spacial score (nSPS) is 11.4. The van der Waals surface area contributed by atoms with Gasteiger partial charge in [0.15, 0.2) is 23.4 Å². The fourth-order valence-corrected chi connectivity index (χ4v) is 1.86. The topological polar surface area (TPSA) is 110 Å². The zero-order valence-corrected chi connectivity index (χ0v) is 13.4. The van der Waals surface area contributed by atoms with Crippen molar-refractivity contribution < 1.29 is 9.47 Å². The predicted molar refractivity (Wildman–Crippen MR) is 85.3 cm³/mol. The van der Waals surface area contributed by atoms with Crippen molar-refractivity contribution in [3.63, 3.8) is 0 Å². The predicted octanol–water partition coefficient (Wildman–Crippen LogP) is 1.54. The third kappa shape index (κ3) is 3.77. The molecule has 0 fully saturated rings. The summed E-state index contributed by atoms with van der Waals surface area (Å²) in [6.07, 6.45) is -0.471. The van der Waals surface area contributed by atoms with Crippen LogP contribution in [0, 0.1) is 11.3 Å². The van der Waals surface area contributed by atoms with E-state index in [1.165, 1.54) is 7.11 Å². The fraction of sp³-hybridized carbons (Fsp3) is 0.333. The van der Waals surface area contributed by atoms with Gasteiger partial charge in [-0.1, -0.05) is 0 Å². The molecule has 0 spiro atoms. The van der Waals surface area contributed by atoms with Gasteiger partial charge in [-0.3, -0.25) is 0 Å². The molecule has 0 aliphatic rings. The third-order valence-electron chi connectivity index (χ3n) is 3.02. The molecule has 1 aromatic carbocycles. The summed E-state index contributed by atoms with van der Waals surface area (Å²) in [5.41, 5.74) is 6.20. The van der Waals surface area contributed by atoms with Crippen LogP contribution in [0.4, 0.5) is 11.9 Å². The summed E-state index contributed by atoms with van der Waals surface area (Å²) < 4.78 is 11.1. The highest BCUT2D eigenvalue weighted by Crippen LogP contribution is 2.31. The van der Waals surface area contributed by atoms with Gasteiger partial charge < -0.3 is 20.1 Å². The Morgan fingerprint density at radius 2 is 1.96 bits per heavy atom. The Morgan fingerprint density at radius 1 is 1.22 bits per heavy atom. The summed E-state index contributed by atoms with van der Waals surface area (Å²) in [6.45, 7) is 1.80. The first-order valence-corrected chi connectivity index (χ1v) is 6.88. The summed E-state index contributed by atoms with van der Waals surface area (Å²) in [6, 6.07) is 6.98. The first-order valence-electron chi connectivity index (χ1n) is 6.88. The zero-order valence-electron chi connectivity index (χ0n) is 13.4. The molecule has 120 valence electrons. The molecule has 0 aliphatic carbocycles. The van der Waals surface area contributed by atoms with E-state index in [2.05, 4.69) is 21.0 Å². The van der Waals surface area contributed by atoms with Crippen LogP contribution in [0.1, 0.15) is 24.4 Å². The van der Waals surface area contributed by atoms with Gasteiger partial charge in [-0.25, -0.2) is 0 Å². The summed E-state index contributed by atoms with van der Waals surface area (Å²) >= 11 is 0. The minimum Gasteiger partial charge on any atom is -0.493 e. The number of hydrogen-bond donors (Lipinski definition) is 1. The van der Waals surface area contributed by atoms with E-state index in [1.54, 1.807) is 30.0 Å². The molecule has 1 heterocycles. The lowest BCUT2D eigenvalue weighted by Gasteiger charge is -2.18. The van der Waals surface area contributed by atoms with Crippen LogP contribution in [-0.4, -0.2) is 36.2 Å². The van der Waals surface area contributed by atoms with E-state index in [-0.39, 0.29) is 5.95 Å². The zero-order chi connectivity index (χ0) is 17.0. The highest BCUT2D eigenvalue weighted by atomic mass is 16.5. The first-order chi connectivity index (χ1) is 10.9. The summed E-state index contributed by atoms with van der Waals surface area (Å²) in [5.74, 6) is 1.94. The molecule has 2 N–H and O–H groups in total. The number of nitrogens with zero attached hydrogens (tertiary/aromatic N) is 5. The second kappa shape index (κ2) is 6.79. The molecule has 0 bridgehead atoms. The molecule has 0 amide bonds. The number of nitrogens with two attached hydrogens (primary N) is 1. The number of rotatable bonds is 5. The molecule has 1 aromatic heterocycles. The maximum Gasteiger partial charge on any atom is 0.230 e. The molecular weight excluding hydrogens is 296 g/mol. The number of nitrogen functional groups attached to an aromatic ring is 1. The smallest absolute Gasteiger partial charge is 0.230 e. The van der Waals surface area contributed by atoms with E-state index in [0.29, 0.717) is 28.8 Å². The van der Waals surface area contributed by atoms with Crippen molar-refractivity contribution >= 4 is 11.9 Å². The third-order valence-corrected chi connectivity index (χ3v) is 3.02. The van der Waals surface area contributed by atoms with Crippen molar-refractivity contribution in [3.8, 4) is 17.6 Å². The highest BCUT2D eigenvalue weighted by molar-refractivity contribution is 5.47. The maximum absolute atomic E-state index is 8.93. The van der Waals surface area contributed by atoms with Crippen molar-refractivity contribution in [3.05, 3.63) is 29.6 Å². The van der Waals surface area contributed by atoms with Crippen LogP contribution in [-0.2, 0) is 0 Å². The van der Waals surface area contributed by atoms with Gasteiger partial charge in [0.25, 0.3) is 0 Å². The Labute approximate surface area is 134 Å². The standard InChI is InChI=1S/C15H18N6O2/c1-9(13-18-14(17)20-15(19-13)21(2)3)23-11-6-5-10(8-16)7-12(11)22-4/h5-7,9H,1-4H3,(H2,17,18,19,20)/t9-/m1/s1. The maximum atomic E-state index is 8.93. The van der Waals surface area contributed by atoms with Gasteiger partial charge in [-0.05, 0) is 19.1 Å². The molecule has 8 nitrogen and oxygen atoms in total. The molecule has 8 heteroatoms. The summed E-state index contributed by atoms with van der Waals surface area (Å²) in [4.78, 5) is 14.2. The van der Waals surface area contributed by atoms with E-state index in [1.807, 2.05) is 14.1 Å². The van der Waals surface area contributed by atoms with Gasteiger partial charge >= 0.3 is 0 Å². The van der Waals surface area contributed by atoms with Crippen molar-refractivity contribution in [1.82, 2.24) is 15.0 Å². The lowest BCUT2D eigenvalue weighted by atomic mass is 10.2. The number of aromatic nitrogens is 3. The van der Waals surface area contributed by atoms with E-state index < -0.39 is 6.10 Å². The molecular formula is C15H18N6O2. The highest BCUT2D eigenvalue weighted by Gasteiger charge is 2.17. The molecule has 2 aromatic rings. The Balaban J connectivity index is 2.29. The van der Waals surface area contributed by atoms with Gasteiger partial charge in [-0.2, -0.15) is 20.2 Å². The Kier molecular flexibility index (Phi) is 4.81. The van der Waals surface area contributed by atoms with Crippen LogP contribution >= 0.6 is 0 Å². The first kappa shape index (κ1) is 16.3. The number of methoxy groups -OCH3 is 1. The number of benzene rings is 1. The van der Waals surface area contributed by atoms with Gasteiger partial charge in [0.05, 0.1) is 18.7 Å². The molecule has 0 radical (unpaired) electrons. The van der Waals surface area contributed by atoms with Crippen LogP contribution in [0.15, 0.2) is 18.2 Å². The van der Waals surface area contributed by atoms with E-state index >= 15 is 0 Å². The van der Waals surface area contributed by atoms with Crippen LogP contribution < -0.4 is 20.1 Å². The summed E-state index contributed by atoms with van der Waals surface area (Å²) in [5, 5.41) is 8.93. The van der Waals surface area contributed by atoms with Crippen molar-refractivity contribution in [1.29, 1.82) is 5.26 Å². The van der Waals surface area contributed by atoms with Gasteiger partial charge in [0.1, 0.15) is 0 Å². The van der Waals surface area contributed by atoms with Crippen molar-refractivity contribution in [2.24, 2.45) is 0 Å². The number of ether oxygens (including phenoxy) is 2. The van der Waals surface area contributed by atoms with Gasteiger partial charge in [0.2, 0.25) is 11.9 Å². The van der Waals surface area contributed by atoms with E-state index in [0.717, 1.165) is 0 Å². The molecule has 0 aliphatic heterocycles. The van der Waals surface area contributed by atoms with Crippen LogP contribution in [0.5, 0.6) is 11.5 Å². The minimum absolute atomic E-state index is 0.126. The van der Waals surface area contributed by atoms with Crippen molar-refractivity contribution in [2.75, 3.05) is 31.8 Å². The average molecular weight is 314 g/mol. The largest absolute Gasteiger partial charge is 0.493 e. The molecule has 23 heavy (non-hydrogen) atoms. The Hall–Kier alpha value is -3.08. The van der Waals surface area contributed by atoms with Crippen LogP contribution in [0.2, 0.25) is 0 Å². The Bertz CT molecular complexity index is 741. The van der Waals surface area contributed by atoms with E-state index in [9.17, 15) is 0 Å². The lowest BCUT2D eigenvalue weighted by molar-refractivity contribution is 0.206. The number of nitriles is 1. The average Bonchev–Trinajstić information content (AvgIpc) is 2.54. The molecule has 0 unspecified atom stereocenters. The molecule has 0 saturated carbocycles. The van der Waals surface area contributed by atoms with Gasteiger partial charge in [0, 0.05) is 20.2 Å². The van der Waals surface area contributed by atoms with Crippen LogP contribution in [0.3, 0.4) is 0 Å². The fourth-order valence-electron chi connectivity index (χ4n) is 1.86. The summed E-state index contributed by atoms with van der Waals surface area (Å²) in [7, 11) is 5.14. The second-order valence-electron chi connectivity index (χ2n) is 4.98. The quantitative estimate of drug-likeness (QED) is 0.884. The Morgan fingerprint density at radius 3 is 2.57 bits per heavy atom. The molecule has 0 saturated heterocycles. The minimum atomic E-state index is -0.471. The van der Waals surface area contributed by atoms with E-state index in [4.69, 9.17) is 20.5 Å². The molecule has 2 rings (SSSR count).